The average molecular weight is 263 g/mol. The highest BCUT2D eigenvalue weighted by molar-refractivity contribution is 9.10. The molecule has 2 atom stereocenters. The molecule has 0 amide bonds. The van der Waals surface area contributed by atoms with Crippen LogP contribution in [0.3, 0.4) is 0 Å². The highest BCUT2D eigenvalue weighted by Crippen LogP contribution is 2.36. The summed E-state index contributed by atoms with van der Waals surface area (Å²) < 4.78 is 0.932. The van der Waals surface area contributed by atoms with Crippen molar-refractivity contribution in [3.05, 3.63) is 32.8 Å². The first-order chi connectivity index (χ1) is 6.09. The van der Waals surface area contributed by atoms with Crippen LogP contribution in [0.25, 0.3) is 0 Å². The maximum Gasteiger partial charge on any atom is 0.0773 e. The fourth-order valence-electron chi connectivity index (χ4n) is 1.68. The standard InChI is InChI=1S/C9H9BrClNO/c10-7-2-4(11)1-6-5(7)3-8(13)9(6)12/h1-2,8-9,13H,3,12H2/t8-,9-/m1/s1. The van der Waals surface area contributed by atoms with E-state index in [9.17, 15) is 5.11 Å². The van der Waals surface area contributed by atoms with E-state index in [-0.39, 0.29) is 6.04 Å². The lowest BCUT2D eigenvalue weighted by atomic mass is 10.1. The van der Waals surface area contributed by atoms with Gasteiger partial charge in [-0.05, 0) is 23.3 Å². The third-order valence-corrected chi connectivity index (χ3v) is 3.31. The molecule has 0 saturated carbocycles. The fourth-order valence-corrected chi connectivity index (χ4v) is 2.68. The molecule has 0 radical (unpaired) electrons. The molecule has 70 valence electrons. The quantitative estimate of drug-likeness (QED) is 0.751. The number of aliphatic hydroxyl groups excluding tert-OH is 1. The van der Waals surface area contributed by atoms with Crippen LogP contribution in [0.15, 0.2) is 16.6 Å². The molecular weight excluding hydrogens is 253 g/mol. The average Bonchev–Trinajstić information content (AvgIpc) is 2.32. The third-order valence-electron chi connectivity index (χ3n) is 2.38. The van der Waals surface area contributed by atoms with E-state index in [1.54, 1.807) is 0 Å². The van der Waals surface area contributed by atoms with Gasteiger partial charge in [-0.25, -0.2) is 0 Å². The number of rotatable bonds is 0. The molecule has 0 bridgehead atoms. The first kappa shape index (κ1) is 9.46. The first-order valence-electron chi connectivity index (χ1n) is 4.01. The number of halogens is 2. The first-order valence-corrected chi connectivity index (χ1v) is 5.18. The van der Waals surface area contributed by atoms with E-state index in [0.29, 0.717) is 11.4 Å². The second-order valence-electron chi connectivity index (χ2n) is 3.25. The van der Waals surface area contributed by atoms with Crippen LogP contribution in [0.2, 0.25) is 5.02 Å². The molecule has 0 spiro atoms. The van der Waals surface area contributed by atoms with Gasteiger partial charge in [0.25, 0.3) is 0 Å². The van der Waals surface area contributed by atoms with E-state index in [0.717, 1.165) is 15.6 Å². The second kappa shape index (κ2) is 3.24. The Morgan fingerprint density at radius 2 is 2.23 bits per heavy atom. The van der Waals surface area contributed by atoms with Crippen molar-refractivity contribution in [3.63, 3.8) is 0 Å². The molecule has 4 heteroatoms. The van der Waals surface area contributed by atoms with Crippen molar-refractivity contribution in [1.82, 2.24) is 0 Å². The van der Waals surface area contributed by atoms with Gasteiger partial charge in [0, 0.05) is 15.9 Å². The molecule has 0 aromatic heterocycles. The fraction of sp³-hybridized carbons (Fsp3) is 0.333. The lowest BCUT2D eigenvalue weighted by Gasteiger charge is -2.08. The predicted molar refractivity (Wildman–Crippen MR) is 55.8 cm³/mol. The van der Waals surface area contributed by atoms with Crippen molar-refractivity contribution in [2.45, 2.75) is 18.6 Å². The lowest BCUT2D eigenvalue weighted by Crippen LogP contribution is -2.21. The largest absolute Gasteiger partial charge is 0.391 e. The van der Waals surface area contributed by atoms with Gasteiger partial charge in [-0.3, -0.25) is 0 Å². The van der Waals surface area contributed by atoms with Gasteiger partial charge in [0.1, 0.15) is 0 Å². The summed E-state index contributed by atoms with van der Waals surface area (Å²) in [4.78, 5) is 0. The predicted octanol–water partition coefficient (Wildman–Crippen LogP) is 2.02. The molecule has 0 unspecified atom stereocenters. The zero-order chi connectivity index (χ0) is 9.59. The molecule has 1 aromatic rings. The minimum Gasteiger partial charge on any atom is -0.391 e. The van der Waals surface area contributed by atoms with E-state index in [2.05, 4.69) is 15.9 Å². The van der Waals surface area contributed by atoms with Crippen molar-refractivity contribution < 1.29 is 5.11 Å². The van der Waals surface area contributed by atoms with Gasteiger partial charge < -0.3 is 10.8 Å². The van der Waals surface area contributed by atoms with Gasteiger partial charge >= 0.3 is 0 Å². The molecule has 1 aliphatic carbocycles. The molecule has 0 aliphatic heterocycles. The monoisotopic (exact) mass is 261 g/mol. The third kappa shape index (κ3) is 1.50. The van der Waals surface area contributed by atoms with Crippen LogP contribution in [0.1, 0.15) is 17.2 Å². The van der Waals surface area contributed by atoms with E-state index < -0.39 is 6.10 Å². The molecule has 0 saturated heterocycles. The summed E-state index contributed by atoms with van der Waals surface area (Å²) >= 11 is 9.28. The van der Waals surface area contributed by atoms with Crippen molar-refractivity contribution >= 4 is 27.5 Å². The Bertz CT molecular complexity index is 356. The van der Waals surface area contributed by atoms with Crippen LogP contribution >= 0.6 is 27.5 Å². The Hall–Kier alpha value is -0.0900. The van der Waals surface area contributed by atoms with Gasteiger partial charge in [0.2, 0.25) is 0 Å². The summed E-state index contributed by atoms with van der Waals surface area (Å²) in [6.45, 7) is 0. The van der Waals surface area contributed by atoms with Crippen LogP contribution in [0, 0.1) is 0 Å². The summed E-state index contributed by atoms with van der Waals surface area (Å²) in [6, 6.07) is 3.35. The summed E-state index contributed by atoms with van der Waals surface area (Å²) in [5, 5.41) is 10.2. The minimum absolute atomic E-state index is 0.301. The Kier molecular flexibility index (Phi) is 2.36. The van der Waals surface area contributed by atoms with Gasteiger partial charge in [-0.15, -0.1) is 0 Å². The van der Waals surface area contributed by atoms with Gasteiger partial charge in [-0.1, -0.05) is 27.5 Å². The summed E-state index contributed by atoms with van der Waals surface area (Å²) in [6.07, 6.45) is 0.124. The van der Waals surface area contributed by atoms with Gasteiger partial charge in [0.15, 0.2) is 0 Å². The Labute approximate surface area is 89.8 Å². The molecule has 2 nitrogen and oxygen atoms in total. The SMILES string of the molecule is N[C@@H]1c2cc(Cl)cc(Br)c2C[C@H]1O. The molecule has 3 N–H and O–H groups in total. The smallest absolute Gasteiger partial charge is 0.0773 e. The van der Waals surface area contributed by atoms with Crippen molar-refractivity contribution in [2.75, 3.05) is 0 Å². The normalized spacial score (nSPS) is 26.2. The number of aliphatic hydroxyl groups is 1. The summed E-state index contributed by atoms with van der Waals surface area (Å²) in [5.41, 5.74) is 7.82. The number of nitrogens with two attached hydrogens (primary N) is 1. The van der Waals surface area contributed by atoms with E-state index in [4.69, 9.17) is 17.3 Å². The number of fused-ring (bicyclic) bond motifs is 1. The minimum atomic E-state index is -0.482. The molecule has 13 heavy (non-hydrogen) atoms. The van der Waals surface area contributed by atoms with Crippen molar-refractivity contribution in [1.29, 1.82) is 0 Å². The van der Waals surface area contributed by atoms with Crippen LogP contribution in [-0.4, -0.2) is 11.2 Å². The maximum atomic E-state index is 9.55. The van der Waals surface area contributed by atoms with Crippen LogP contribution in [-0.2, 0) is 6.42 Å². The highest BCUT2D eigenvalue weighted by atomic mass is 79.9. The van der Waals surface area contributed by atoms with Crippen molar-refractivity contribution in [3.8, 4) is 0 Å². The number of hydrogen-bond donors (Lipinski definition) is 2. The zero-order valence-electron chi connectivity index (χ0n) is 6.80. The van der Waals surface area contributed by atoms with Gasteiger partial charge in [0.05, 0.1) is 12.1 Å². The topological polar surface area (TPSA) is 46.2 Å². The Balaban J connectivity index is 2.57. The molecule has 1 aliphatic rings. The number of benzene rings is 1. The van der Waals surface area contributed by atoms with E-state index in [1.165, 1.54) is 0 Å². The highest BCUT2D eigenvalue weighted by Gasteiger charge is 2.29. The lowest BCUT2D eigenvalue weighted by molar-refractivity contribution is 0.158. The van der Waals surface area contributed by atoms with E-state index in [1.807, 2.05) is 12.1 Å². The van der Waals surface area contributed by atoms with Crippen LogP contribution in [0.4, 0.5) is 0 Å². The molecule has 0 heterocycles. The van der Waals surface area contributed by atoms with E-state index >= 15 is 0 Å². The second-order valence-corrected chi connectivity index (χ2v) is 4.54. The Morgan fingerprint density at radius 3 is 2.92 bits per heavy atom. The maximum absolute atomic E-state index is 9.55. The van der Waals surface area contributed by atoms with Crippen LogP contribution in [0.5, 0.6) is 0 Å². The molecular formula is C9H9BrClNO. The zero-order valence-corrected chi connectivity index (χ0v) is 9.14. The van der Waals surface area contributed by atoms with Crippen molar-refractivity contribution in [2.24, 2.45) is 5.73 Å². The van der Waals surface area contributed by atoms with Gasteiger partial charge in [-0.2, -0.15) is 0 Å². The molecule has 1 aromatic carbocycles. The van der Waals surface area contributed by atoms with Crippen LogP contribution < -0.4 is 5.73 Å². The summed E-state index contributed by atoms with van der Waals surface area (Å²) in [5.74, 6) is 0. The molecule has 0 fully saturated rings. The number of hydrogen-bond acceptors (Lipinski definition) is 2. The Morgan fingerprint density at radius 1 is 1.54 bits per heavy atom. The summed E-state index contributed by atoms with van der Waals surface area (Å²) in [7, 11) is 0. The molecule has 2 rings (SSSR count).